The summed E-state index contributed by atoms with van der Waals surface area (Å²) in [6.45, 7) is 0.207. The number of Topliss-reactive ketones (excluding diaryl/α,β-unsaturated/α-hetero) is 1. The lowest BCUT2D eigenvalue weighted by molar-refractivity contribution is -0.140. The van der Waals surface area contributed by atoms with E-state index in [2.05, 4.69) is 4.98 Å². The Bertz CT molecular complexity index is 1130. The van der Waals surface area contributed by atoms with Crippen LogP contribution in [-0.2, 0) is 16.1 Å². The van der Waals surface area contributed by atoms with Gasteiger partial charge in [-0.05, 0) is 47.3 Å². The van der Waals surface area contributed by atoms with Crippen molar-refractivity contribution in [2.45, 2.75) is 12.6 Å². The summed E-state index contributed by atoms with van der Waals surface area (Å²) in [7, 11) is 1.49. The first kappa shape index (κ1) is 20.1. The molecule has 1 N–H and O–H groups in total. The van der Waals surface area contributed by atoms with Crippen molar-refractivity contribution in [3.05, 3.63) is 86.8 Å². The van der Waals surface area contributed by atoms with Gasteiger partial charge in [-0.1, -0.05) is 17.7 Å². The Morgan fingerprint density at radius 3 is 2.67 bits per heavy atom. The number of carbonyl (C=O) groups excluding carboxylic acids is 2. The minimum absolute atomic E-state index is 0.00617. The van der Waals surface area contributed by atoms with Gasteiger partial charge in [0.1, 0.15) is 11.5 Å². The van der Waals surface area contributed by atoms with Crippen molar-refractivity contribution in [1.82, 2.24) is 9.88 Å². The van der Waals surface area contributed by atoms with Gasteiger partial charge in [0.2, 0.25) is 0 Å². The van der Waals surface area contributed by atoms with Crippen LogP contribution in [-0.4, -0.2) is 33.8 Å². The summed E-state index contributed by atoms with van der Waals surface area (Å²) in [4.78, 5) is 32.1. The second-order valence-electron chi connectivity index (χ2n) is 6.64. The average Bonchev–Trinajstić information content (AvgIpc) is 3.37. The lowest BCUT2D eigenvalue weighted by Gasteiger charge is -2.24. The molecule has 1 unspecified atom stereocenters. The molecule has 1 fully saturated rings. The molecule has 1 atom stereocenters. The molecule has 3 heterocycles. The third-order valence-corrected chi connectivity index (χ3v) is 6.14. The summed E-state index contributed by atoms with van der Waals surface area (Å²) >= 11 is 7.69. The molecule has 1 amide bonds. The second kappa shape index (κ2) is 8.30. The number of aliphatic hydroxyl groups is 1. The monoisotopic (exact) mass is 440 g/mol. The number of nitrogens with zero attached hydrogens (tertiary/aromatic N) is 2. The molecule has 8 heteroatoms. The van der Waals surface area contributed by atoms with Crippen molar-refractivity contribution in [1.29, 1.82) is 0 Å². The van der Waals surface area contributed by atoms with Crippen molar-refractivity contribution >= 4 is 40.4 Å². The fraction of sp³-hybridized carbons (Fsp3) is 0.136. The van der Waals surface area contributed by atoms with E-state index >= 15 is 0 Å². The van der Waals surface area contributed by atoms with Crippen molar-refractivity contribution in [3.63, 3.8) is 0 Å². The first-order valence-electron chi connectivity index (χ1n) is 9.06. The van der Waals surface area contributed by atoms with Crippen molar-refractivity contribution in [3.8, 4) is 5.75 Å². The Morgan fingerprint density at radius 1 is 1.23 bits per heavy atom. The minimum Gasteiger partial charge on any atom is -0.507 e. The number of amides is 1. The maximum absolute atomic E-state index is 13.0. The lowest BCUT2D eigenvalue weighted by Crippen LogP contribution is -2.28. The van der Waals surface area contributed by atoms with Crippen LogP contribution in [0.2, 0.25) is 5.02 Å². The van der Waals surface area contributed by atoms with E-state index in [4.69, 9.17) is 16.3 Å². The van der Waals surface area contributed by atoms with Crippen molar-refractivity contribution in [2.24, 2.45) is 0 Å². The Kier molecular flexibility index (Phi) is 5.57. The van der Waals surface area contributed by atoms with Crippen LogP contribution >= 0.6 is 22.9 Å². The van der Waals surface area contributed by atoms with Gasteiger partial charge in [0, 0.05) is 29.4 Å². The number of carbonyl (C=O) groups is 2. The number of ether oxygens (including phenoxy) is 1. The van der Waals surface area contributed by atoms with E-state index in [9.17, 15) is 14.7 Å². The van der Waals surface area contributed by atoms with Crippen LogP contribution < -0.4 is 4.74 Å². The zero-order valence-electron chi connectivity index (χ0n) is 15.9. The third kappa shape index (κ3) is 3.58. The first-order chi connectivity index (χ1) is 14.5. The van der Waals surface area contributed by atoms with Gasteiger partial charge >= 0.3 is 0 Å². The third-order valence-electron chi connectivity index (χ3n) is 4.88. The first-order valence-corrected chi connectivity index (χ1v) is 10.3. The zero-order valence-corrected chi connectivity index (χ0v) is 17.5. The van der Waals surface area contributed by atoms with Crippen LogP contribution in [0.1, 0.15) is 22.0 Å². The summed E-state index contributed by atoms with van der Waals surface area (Å²) < 4.78 is 5.21. The van der Waals surface area contributed by atoms with Crippen LogP contribution in [0.4, 0.5) is 0 Å². The van der Waals surface area contributed by atoms with E-state index in [1.54, 1.807) is 42.7 Å². The smallest absolute Gasteiger partial charge is 0.295 e. The fourth-order valence-electron chi connectivity index (χ4n) is 3.43. The Hall–Kier alpha value is -3.16. The predicted octanol–water partition coefficient (Wildman–Crippen LogP) is 4.43. The number of methoxy groups -OCH3 is 1. The Morgan fingerprint density at radius 2 is 2.00 bits per heavy atom. The highest BCUT2D eigenvalue weighted by atomic mass is 35.5. The Labute approximate surface area is 182 Å². The highest BCUT2D eigenvalue weighted by Gasteiger charge is 2.46. The predicted molar refractivity (Wildman–Crippen MR) is 114 cm³/mol. The molecule has 2 aromatic heterocycles. The van der Waals surface area contributed by atoms with Gasteiger partial charge in [-0.2, -0.15) is 0 Å². The number of pyridine rings is 1. The van der Waals surface area contributed by atoms with Crippen LogP contribution in [0.3, 0.4) is 0 Å². The largest absolute Gasteiger partial charge is 0.507 e. The van der Waals surface area contributed by atoms with Crippen molar-refractivity contribution < 1.29 is 19.4 Å². The molecule has 3 aromatic rings. The number of aliphatic hydroxyl groups excluding tert-OH is 1. The van der Waals surface area contributed by atoms with Crippen molar-refractivity contribution in [2.75, 3.05) is 7.11 Å². The highest BCUT2D eigenvalue weighted by Crippen LogP contribution is 2.43. The maximum Gasteiger partial charge on any atom is 0.295 e. The molecule has 1 saturated heterocycles. The molecule has 0 spiro atoms. The van der Waals surface area contributed by atoms with E-state index in [-0.39, 0.29) is 28.5 Å². The molecule has 1 aliphatic heterocycles. The van der Waals surface area contributed by atoms with Crippen LogP contribution in [0.25, 0.3) is 5.76 Å². The molecule has 1 aliphatic rings. The maximum atomic E-state index is 13.0. The number of hydrogen-bond donors (Lipinski definition) is 1. The number of aromatic nitrogens is 1. The molecular formula is C22H17ClN2O4S. The molecule has 0 saturated carbocycles. The zero-order chi connectivity index (χ0) is 21.3. The van der Waals surface area contributed by atoms with Crippen LogP contribution in [0.15, 0.2) is 65.8 Å². The van der Waals surface area contributed by atoms with Gasteiger partial charge in [-0.25, -0.2) is 0 Å². The summed E-state index contributed by atoms with van der Waals surface area (Å²) in [6, 6.07) is 11.3. The normalized spacial score (nSPS) is 18.1. The number of benzene rings is 1. The molecule has 6 nitrogen and oxygen atoms in total. The van der Waals surface area contributed by atoms with Crippen LogP contribution in [0.5, 0.6) is 5.75 Å². The molecule has 152 valence electrons. The van der Waals surface area contributed by atoms with E-state index in [0.717, 1.165) is 10.4 Å². The Balaban J connectivity index is 1.86. The molecule has 0 radical (unpaired) electrons. The van der Waals surface area contributed by atoms with Gasteiger partial charge < -0.3 is 14.7 Å². The van der Waals surface area contributed by atoms with Gasteiger partial charge in [0.25, 0.3) is 11.7 Å². The fourth-order valence-corrected chi connectivity index (χ4v) is 4.48. The summed E-state index contributed by atoms with van der Waals surface area (Å²) in [5.74, 6) is -1.28. The minimum atomic E-state index is -0.751. The number of hydrogen-bond acceptors (Lipinski definition) is 6. The van der Waals surface area contributed by atoms with Crippen LogP contribution in [0, 0.1) is 0 Å². The van der Waals surface area contributed by atoms with Gasteiger partial charge in [0.15, 0.2) is 0 Å². The second-order valence-corrected chi connectivity index (χ2v) is 8.03. The summed E-state index contributed by atoms with van der Waals surface area (Å²) in [6.07, 6.45) is 3.25. The number of rotatable bonds is 5. The van der Waals surface area contributed by atoms with Gasteiger partial charge in [-0.15, -0.1) is 11.3 Å². The van der Waals surface area contributed by atoms with E-state index in [0.29, 0.717) is 5.75 Å². The molecule has 4 rings (SSSR count). The average molecular weight is 441 g/mol. The molecular weight excluding hydrogens is 424 g/mol. The number of halogens is 1. The standard InChI is InChI=1S/C22H17ClN2O4S/c1-29-14-4-5-16(23)15(11-14)20(26)18-19(17-3-2-10-30-17)25(22(28)21(18)27)12-13-6-8-24-9-7-13/h2-11,19,26H,12H2,1H3/b20-18-. The van der Waals surface area contributed by atoms with E-state index in [1.165, 1.54) is 23.3 Å². The highest BCUT2D eigenvalue weighted by molar-refractivity contribution is 7.10. The number of ketones is 1. The number of thiophene rings is 1. The quantitative estimate of drug-likeness (QED) is 0.360. The summed E-state index contributed by atoms with van der Waals surface area (Å²) in [5.41, 5.74) is 1.07. The topological polar surface area (TPSA) is 79.7 Å². The van der Waals surface area contributed by atoms with Gasteiger partial charge in [0.05, 0.1) is 23.7 Å². The lowest BCUT2D eigenvalue weighted by atomic mass is 9.99. The molecule has 1 aromatic carbocycles. The molecule has 0 aliphatic carbocycles. The summed E-state index contributed by atoms with van der Waals surface area (Å²) in [5, 5.41) is 13.2. The molecule has 30 heavy (non-hydrogen) atoms. The number of likely N-dealkylation sites (tertiary alicyclic amines) is 1. The van der Waals surface area contributed by atoms with Gasteiger partial charge in [-0.3, -0.25) is 14.6 Å². The molecule has 0 bridgehead atoms. The van der Waals surface area contributed by atoms with E-state index in [1.807, 2.05) is 17.5 Å². The SMILES string of the molecule is COc1ccc(Cl)c(/C(O)=C2/C(=O)C(=O)N(Cc3ccncc3)C2c2cccs2)c1. The van der Waals surface area contributed by atoms with E-state index < -0.39 is 17.7 Å².